The van der Waals surface area contributed by atoms with Crippen LogP contribution in [0.25, 0.3) is 0 Å². The zero-order chi connectivity index (χ0) is 22.5. The second-order valence-corrected chi connectivity index (χ2v) is 14.9. The Morgan fingerprint density at radius 2 is 1.55 bits per heavy atom. The average Bonchev–Trinajstić information content (AvgIpc) is 2.67. The van der Waals surface area contributed by atoms with Crippen molar-refractivity contribution in [1.29, 1.82) is 0 Å². The maximum Gasteiger partial charge on any atom is 0.126 e. The van der Waals surface area contributed by atoms with Crippen LogP contribution in [-0.4, -0.2) is 6.29 Å². The number of carbonyl (C=O) groups excluding carboxylic acids is 1. The molecule has 0 aromatic heterocycles. The van der Waals surface area contributed by atoms with Gasteiger partial charge in [-0.1, -0.05) is 66.5 Å². The van der Waals surface area contributed by atoms with E-state index in [-0.39, 0.29) is 10.8 Å². The fourth-order valence-corrected chi connectivity index (χ4v) is 10.6. The van der Waals surface area contributed by atoms with Crippen molar-refractivity contribution in [2.45, 2.75) is 119 Å². The predicted octanol–water partition coefficient (Wildman–Crippen LogP) is 8.38. The molecule has 0 bridgehead atoms. The van der Waals surface area contributed by atoms with Gasteiger partial charge in [-0.05, 0) is 109 Å². The molecular formula is C30H48O. The maximum atomic E-state index is 12.6. The largest absolute Gasteiger partial charge is 0.303 e. The van der Waals surface area contributed by atoms with Gasteiger partial charge in [0.25, 0.3) is 0 Å². The highest BCUT2D eigenvalue weighted by atomic mass is 16.1. The molecule has 0 aliphatic heterocycles. The molecule has 4 fully saturated rings. The van der Waals surface area contributed by atoms with Crippen molar-refractivity contribution in [3.05, 3.63) is 11.6 Å². The molecule has 31 heavy (non-hydrogen) atoms. The van der Waals surface area contributed by atoms with Crippen LogP contribution in [0.1, 0.15) is 119 Å². The summed E-state index contributed by atoms with van der Waals surface area (Å²) in [5, 5.41) is 0. The molecule has 5 rings (SSSR count). The van der Waals surface area contributed by atoms with Gasteiger partial charge in [0, 0.05) is 5.41 Å². The highest BCUT2D eigenvalue weighted by molar-refractivity contribution is 5.63. The first-order valence-electron chi connectivity index (χ1n) is 13.5. The van der Waals surface area contributed by atoms with Gasteiger partial charge in [-0.15, -0.1) is 0 Å². The van der Waals surface area contributed by atoms with E-state index in [1.807, 2.05) is 0 Å². The lowest BCUT2D eigenvalue weighted by molar-refractivity contribution is -0.180. The third-order valence-electron chi connectivity index (χ3n) is 12.7. The molecule has 0 saturated heterocycles. The van der Waals surface area contributed by atoms with Gasteiger partial charge in [0.2, 0.25) is 0 Å². The highest BCUT2D eigenvalue weighted by Crippen LogP contribution is 2.75. The summed E-state index contributed by atoms with van der Waals surface area (Å²) in [6.07, 6.45) is 18.3. The summed E-state index contributed by atoms with van der Waals surface area (Å²) in [4.78, 5) is 12.6. The maximum absolute atomic E-state index is 12.6. The summed E-state index contributed by atoms with van der Waals surface area (Å²) < 4.78 is 0. The number of rotatable bonds is 1. The molecule has 0 amide bonds. The fourth-order valence-electron chi connectivity index (χ4n) is 10.6. The molecule has 5 aliphatic rings. The van der Waals surface area contributed by atoms with Crippen molar-refractivity contribution in [3.8, 4) is 0 Å². The Bertz CT molecular complexity index is 803. The van der Waals surface area contributed by atoms with Crippen LogP contribution in [0.5, 0.6) is 0 Å². The molecule has 0 N–H and O–H groups in total. The lowest BCUT2D eigenvalue weighted by atomic mass is 9.34. The number of hydrogen-bond donors (Lipinski definition) is 0. The summed E-state index contributed by atoms with van der Waals surface area (Å²) >= 11 is 0. The number of aldehydes is 1. The van der Waals surface area contributed by atoms with Crippen LogP contribution in [0.15, 0.2) is 11.6 Å². The molecule has 174 valence electrons. The van der Waals surface area contributed by atoms with E-state index in [4.69, 9.17) is 0 Å². The number of fused-ring (bicyclic) bond motifs is 7. The van der Waals surface area contributed by atoms with Crippen molar-refractivity contribution >= 4 is 6.29 Å². The normalized spacial score (nSPS) is 52.6. The lowest BCUT2D eigenvalue weighted by Gasteiger charge is -2.70. The van der Waals surface area contributed by atoms with Crippen molar-refractivity contribution < 1.29 is 4.79 Å². The van der Waals surface area contributed by atoms with Crippen molar-refractivity contribution in [2.75, 3.05) is 0 Å². The Labute approximate surface area is 192 Å². The van der Waals surface area contributed by atoms with Gasteiger partial charge in [0.1, 0.15) is 6.29 Å². The molecular weight excluding hydrogens is 376 g/mol. The fraction of sp³-hybridized carbons (Fsp3) is 0.900. The number of allylic oxidation sites excluding steroid dienone is 2. The Balaban J connectivity index is 1.59. The number of hydrogen-bond acceptors (Lipinski definition) is 1. The Kier molecular flexibility index (Phi) is 4.66. The van der Waals surface area contributed by atoms with Gasteiger partial charge in [-0.3, -0.25) is 0 Å². The smallest absolute Gasteiger partial charge is 0.126 e. The quantitative estimate of drug-likeness (QED) is 0.305. The molecule has 0 radical (unpaired) electrons. The molecule has 4 saturated carbocycles. The molecule has 0 spiro atoms. The van der Waals surface area contributed by atoms with Gasteiger partial charge in [0.15, 0.2) is 0 Å². The third kappa shape index (κ3) is 2.76. The Morgan fingerprint density at radius 3 is 2.26 bits per heavy atom. The van der Waals surface area contributed by atoms with E-state index in [0.717, 1.165) is 24.7 Å². The van der Waals surface area contributed by atoms with E-state index >= 15 is 0 Å². The zero-order valence-corrected chi connectivity index (χ0v) is 21.6. The average molecular weight is 425 g/mol. The molecule has 1 heteroatoms. The van der Waals surface area contributed by atoms with Crippen molar-refractivity contribution in [2.24, 2.45) is 50.2 Å². The van der Waals surface area contributed by atoms with E-state index in [9.17, 15) is 4.79 Å². The van der Waals surface area contributed by atoms with Gasteiger partial charge in [-0.25, -0.2) is 0 Å². The predicted molar refractivity (Wildman–Crippen MR) is 130 cm³/mol. The Morgan fingerprint density at radius 1 is 0.839 bits per heavy atom. The first-order valence-corrected chi connectivity index (χ1v) is 13.5. The van der Waals surface area contributed by atoms with Crippen molar-refractivity contribution in [1.82, 2.24) is 0 Å². The van der Waals surface area contributed by atoms with Crippen LogP contribution in [0.2, 0.25) is 0 Å². The van der Waals surface area contributed by atoms with Crippen LogP contribution >= 0.6 is 0 Å². The summed E-state index contributed by atoms with van der Waals surface area (Å²) in [5.41, 5.74) is 3.64. The molecule has 0 heterocycles. The Hall–Kier alpha value is -0.590. The number of carbonyl (C=O) groups is 1. The van der Waals surface area contributed by atoms with E-state index in [1.165, 1.54) is 64.1 Å². The summed E-state index contributed by atoms with van der Waals surface area (Å²) in [6.45, 7) is 18.0. The lowest BCUT2D eigenvalue weighted by Crippen LogP contribution is -2.63. The van der Waals surface area contributed by atoms with E-state index < -0.39 is 0 Å². The van der Waals surface area contributed by atoms with Crippen LogP contribution in [0.4, 0.5) is 0 Å². The minimum Gasteiger partial charge on any atom is -0.303 e. The van der Waals surface area contributed by atoms with Gasteiger partial charge in [0.05, 0.1) is 0 Å². The molecule has 1 nitrogen and oxygen atoms in total. The molecule has 7 atom stereocenters. The molecule has 0 aromatic carbocycles. The van der Waals surface area contributed by atoms with Crippen LogP contribution in [0, 0.1) is 50.2 Å². The first-order chi connectivity index (χ1) is 14.3. The molecule has 5 aliphatic carbocycles. The topological polar surface area (TPSA) is 17.1 Å². The highest BCUT2D eigenvalue weighted by Gasteiger charge is 2.67. The van der Waals surface area contributed by atoms with Crippen molar-refractivity contribution in [3.63, 3.8) is 0 Å². The second-order valence-electron chi connectivity index (χ2n) is 14.9. The summed E-state index contributed by atoms with van der Waals surface area (Å²) in [5.74, 6) is 2.16. The molecule has 0 unspecified atom stereocenters. The minimum atomic E-state index is -0.0714. The van der Waals surface area contributed by atoms with Gasteiger partial charge < -0.3 is 4.79 Å². The van der Waals surface area contributed by atoms with Crippen LogP contribution < -0.4 is 0 Å². The third-order valence-corrected chi connectivity index (χ3v) is 12.7. The summed E-state index contributed by atoms with van der Waals surface area (Å²) in [7, 11) is 0. The van der Waals surface area contributed by atoms with Gasteiger partial charge in [-0.2, -0.15) is 0 Å². The second kappa shape index (κ2) is 6.50. The van der Waals surface area contributed by atoms with E-state index in [0.29, 0.717) is 27.6 Å². The minimum absolute atomic E-state index is 0.0714. The first kappa shape index (κ1) is 22.2. The van der Waals surface area contributed by atoms with E-state index in [2.05, 4.69) is 54.5 Å². The van der Waals surface area contributed by atoms with E-state index in [1.54, 1.807) is 5.57 Å². The SMILES string of the molecule is CC1(C)CC[C@]2(C=O)CC[C@]3(C)C(=CC[C@@H]4[C@@]5(C)CCCC(C)(C)[C@@H]5CC[C@]43C)[C@@H]2C1. The molecule has 0 aromatic rings. The van der Waals surface area contributed by atoms with Crippen LogP contribution in [-0.2, 0) is 4.79 Å². The van der Waals surface area contributed by atoms with Gasteiger partial charge >= 0.3 is 0 Å². The zero-order valence-electron chi connectivity index (χ0n) is 21.6. The standard InChI is InChI=1S/C30H48O/c1-25(2)15-17-30(20-31)18-16-28(6)21(22(30)19-25)9-10-24-27(5)13-8-12-26(3,4)23(27)11-14-29(24,28)7/h9,20,22-24H,8,10-19H2,1-7H3/t22-,23-,24+,27-,28+,29+,30+/m0/s1. The van der Waals surface area contributed by atoms with Crippen LogP contribution in [0.3, 0.4) is 0 Å². The summed E-state index contributed by atoms with van der Waals surface area (Å²) in [6, 6.07) is 0. The monoisotopic (exact) mass is 424 g/mol.